The van der Waals surface area contributed by atoms with Crippen molar-refractivity contribution in [3.8, 4) is 0 Å². The minimum absolute atomic E-state index is 0.211. The van der Waals surface area contributed by atoms with E-state index < -0.39 is 25.6 Å². The minimum atomic E-state index is -4.90. The molecule has 0 saturated carbocycles. The zero-order chi connectivity index (χ0) is 21.3. The van der Waals surface area contributed by atoms with Gasteiger partial charge in [0, 0.05) is 0 Å². The number of aliphatic hydroxyl groups is 3. The van der Waals surface area contributed by atoms with Crippen molar-refractivity contribution in [2.45, 2.75) is 128 Å². The molecule has 0 amide bonds. The predicted octanol–water partition coefficient (Wildman–Crippen LogP) is 4.86. The molecule has 0 aromatic heterocycles. The van der Waals surface area contributed by atoms with Gasteiger partial charge in [0.05, 0.1) is 6.61 Å². The topological polar surface area (TPSA) is 118 Å². The highest BCUT2D eigenvalue weighted by atomic mass is 31.2. The Morgan fingerprint density at radius 2 is 1.04 bits per heavy atom. The Morgan fingerprint density at radius 3 is 1.32 bits per heavy atom. The van der Waals surface area contributed by atoms with E-state index in [0.717, 1.165) is 19.3 Å². The average molecular weight is 425 g/mol. The molecule has 0 fully saturated rings. The quantitative estimate of drug-likeness (QED) is 0.141. The van der Waals surface area contributed by atoms with Crippen molar-refractivity contribution in [2.75, 3.05) is 6.61 Å². The van der Waals surface area contributed by atoms with Crippen molar-refractivity contribution < 1.29 is 29.7 Å². The van der Waals surface area contributed by atoms with E-state index >= 15 is 0 Å². The Labute approximate surface area is 171 Å². The Kier molecular flexibility index (Phi) is 16.8. The van der Waals surface area contributed by atoms with Crippen LogP contribution in [0.5, 0.6) is 0 Å². The van der Waals surface area contributed by atoms with Crippen LogP contribution in [0.15, 0.2) is 0 Å². The molecule has 0 aromatic carbocycles. The predicted molar refractivity (Wildman–Crippen MR) is 114 cm³/mol. The smallest absolute Gasteiger partial charge is 0.359 e. The normalized spacial score (nSPS) is 15.5. The van der Waals surface area contributed by atoms with E-state index in [1.807, 2.05) is 0 Å². The summed E-state index contributed by atoms with van der Waals surface area (Å²) >= 11 is 0. The second-order valence-corrected chi connectivity index (χ2v) is 10.0. The summed E-state index contributed by atoms with van der Waals surface area (Å²) in [5.74, 6) is 0. The number of aliphatic hydroxyl groups excluding tert-OH is 2. The lowest BCUT2D eigenvalue weighted by Gasteiger charge is -2.32. The molecule has 2 unspecified atom stereocenters. The van der Waals surface area contributed by atoms with Crippen LogP contribution in [0.3, 0.4) is 0 Å². The molecule has 0 spiro atoms. The average Bonchev–Trinajstić information content (AvgIpc) is 2.65. The number of hydrogen-bond donors (Lipinski definition) is 5. The minimum Gasteiger partial charge on any atom is -0.394 e. The second kappa shape index (κ2) is 16.8. The third-order valence-corrected chi connectivity index (χ3v) is 7.14. The molecule has 0 bridgehead atoms. The van der Waals surface area contributed by atoms with Gasteiger partial charge in [-0.1, -0.05) is 103 Å². The maximum Gasteiger partial charge on any atom is 0.359 e. The monoisotopic (exact) mass is 424 g/mol. The molecule has 2 atom stereocenters. The Balaban J connectivity index is 3.54. The summed E-state index contributed by atoms with van der Waals surface area (Å²) in [6.07, 6.45) is 17.0. The van der Waals surface area contributed by atoms with E-state index in [-0.39, 0.29) is 6.42 Å². The molecule has 0 saturated heterocycles. The van der Waals surface area contributed by atoms with E-state index in [9.17, 15) is 24.6 Å². The summed E-state index contributed by atoms with van der Waals surface area (Å²) in [6.45, 7) is 1.37. The second-order valence-electron chi connectivity index (χ2n) is 8.17. The molecular formula is C21H45O6P. The Morgan fingerprint density at radius 1 is 0.714 bits per heavy atom. The summed E-state index contributed by atoms with van der Waals surface area (Å²) in [4.78, 5) is 18.5. The lowest BCUT2D eigenvalue weighted by atomic mass is 10.0. The molecule has 0 aliphatic heterocycles. The van der Waals surface area contributed by atoms with Crippen LogP contribution < -0.4 is 0 Å². The van der Waals surface area contributed by atoms with Gasteiger partial charge >= 0.3 is 7.60 Å². The van der Waals surface area contributed by atoms with Gasteiger partial charge < -0.3 is 25.1 Å². The van der Waals surface area contributed by atoms with Crippen LogP contribution in [0, 0.1) is 0 Å². The fraction of sp³-hybridized carbons (Fsp3) is 1.00. The number of hydrogen-bond acceptors (Lipinski definition) is 4. The van der Waals surface area contributed by atoms with Crippen molar-refractivity contribution in [3.05, 3.63) is 0 Å². The summed E-state index contributed by atoms with van der Waals surface area (Å²) in [6, 6.07) is 0. The first-order chi connectivity index (χ1) is 13.3. The highest BCUT2D eigenvalue weighted by Gasteiger charge is 2.50. The maximum atomic E-state index is 11.4. The molecule has 170 valence electrons. The fourth-order valence-corrected chi connectivity index (χ4v) is 4.51. The molecule has 6 nitrogen and oxygen atoms in total. The van der Waals surface area contributed by atoms with Crippen LogP contribution in [-0.2, 0) is 4.57 Å². The van der Waals surface area contributed by atoms with Crippen LogP contribution in [0.4, 0.5) is 0 Å². The molecule has 0 rings (SSSR count). The SMILES string of the molecule is CCCCCCCCCCCCCCCCCCC(O)(C(O)CO)P(=O)(O)O. The van der Waals surface area contributed by atoms with Crippen LogP contribution in [0.2, 0.25) is 0 Å². The summed E-state index contributed by atoms with van der Waals surface area (Å²) < 4.78 is 11.4. The van der Waals surface area contributed by atoms with Gasteiger partial charge in [-0.2, -0.15) is 0 Å². The van der Waals surface area contributed by atoms with Gasteiger partial charge in [0.2, 0.25) is 0 Å². The number of rotatable bonds is 20. The van der Waals surface area contributed by atoms with Crippen molar-refractivity contribution in [3.63, 3.8) is 0 Å². The molecule has 5 N–H and O–H groups in total. The van der Waals surface area contributed by atoms with Crippen molar-refractivity contribution in [1.82, 2.24) is 0 Å². The molecule has 0 aliphatic rings. The van der Waals surface area contributed by atoms with E-state index in [2.05, 4.69) is 6.92 Å². The highest BCUT2D eigenvalue weighted by molar-refractivity contribution is 7.53. The Bertz CT molecular complexity index is 400. The number of unbranched alkanes of at least 4 members (excludes halogenated alkanes) is 15. The maximum absolute atomic E-state index is 11.4. The summed E-state index contributed by atoms with van der Waals surface area (Å²) in [7, 11) is -4.90. The van der Waals surface area contributed by atoms with Gasteiger partial charge in [-0.15, -0.1) is 0 Å². The van der Waals surface area contributed by atoms with Crippen LogP contribution in [0.1, 0.15) is 116 Å². The molecule has 28 heavy (non-hydrogen) atoms. The van der Waals surface area contributed by atoms with Gasteiger partial charge in [-0.05, 0) is 12.8 Å². The standard InChI is InChI=1S/C21H45O6P/c1-2-3-4-5-6-7-8-9-10-11-12-13-14-15-16-17-18-21(24,20(23)19-22)28(25,26)27/h20,22-24H,2-19H2,1H3,(H2,25,26,27). The lowest BCUT2D eigenvalue weighted by Crippen LogP contribution is -2.44. The van der Waals surface area contributed by atoms with Crippen molar-refractivity contribution >= 4 is 7.60 Å². The van der Waals surface area contributed by atoms with E-state index in [4.69, 9.17) is 5.11 Å². The van der Waals surface area contributed by atoms with Gasteiger partial charge in [0.25, 0.3) is 0 Å². The van der Waals surface area contributed by atoms with Gasteiger partial charge in [0.15, 0.2) is 5.34 Å². The van der Waals surface area contributed by atoms with E-state index in [0.29, 0.717) is 6.42 Å². The fourth-order valence-electron chi connectivity index (χ4n) is 3.59. The van der Waals surface area contributed by atoms with Crippen LogP contribution in [0.25, 0.3) is 0 Å². The first-order valence-corrected chi connectivity index (χ1v) is 13.0. The van der Waals surface area contributed by atoms with Crippen LogP contribution >= 0.6 is 7.60 Å². The molecular weight excluding hydrogens is 379 g/mol. The molecule has 7 heteroatoms. The van der Waals surface area contributed by atoms with E-state index in [1.165, 1.54) is 77.0 Å². The summed E-state index contributed by atoms with van der Waals surface area (Å²) in [5.41, 5.74) is 0. The van der Waals surface area contributed by atoms with Gasteiger partial charge in [-0.25, -0.2) is 0 Å². The summed E-state index contributed by atoms with van der Waals surface area (Å²) in [5, 5.41) is 26.0. The third-order valence-electron chi connectivity index (χ3n) is 5.61. The van der Waals surface area contributed by atoms with Gasteiger partial charge in [-0.3, -0.25) is 4.57 Å². The largest absolute Gasteiger partial charge is 0.394 e. The van der Waals surface area contributed by atoms with E-state index in [1.54, 1.807) is 0 Å². The van der Waals surface area contributed by atoms with Gasteiger partial charge in [0.1, 0.15) is 6.10 Å². The zero-order valence-electron chi connectivity index (χ0n) is 17.9. The molecule has 0 aromatic rings. The Hall–Kier alpha value is 0.0300. The molecule has 0 aliphatic carbocycles. The van der Waals surface area contributed by atoms with Crippen molar-refractivity contribution in [1.29, 1.82) is 0 Å². The van der Waals surface area contributed by atoms with Crippen molar-refractivity contribution in [2.24, 2.45) is 0 Å². The third kappa shape index (κ3) is 12.6. The molecule has 0 heterocycles. The van der Waals surface area contributed by atoms with Crippen LogP contribution in [-0.4, -0.2) is 43.2 Å². The first-order valence-electron chi connectivity index (χ1n) is 11.4. The first kappa shape index (κ1) is 28.0. The zero-order valence-corrected chi connectivity index (χ0v) is 18.8. The lowest BCUT2D eigenvalue weighted by molar-refractivity contribution is -0.0604. The highest BCUT2D eigenvalue weighted by Crippen LogP contribution is 2.53. The molecule has 0 radical (unpaired) electrons.